The Balaban J connectivity index is 2.31. The number of hydrogen-bond donors (Lipinski definition) is 0. The third-order valence-corrected chi connectivity index (χ3v) is 2.13. The molecule has 0 N–H and O–H groups in total. The van der Waals surface area contributed by atoms with Gasteiger partial charge >= 0.3 is 7.82 Å². The molecule has 1 rings (SSSR count). The highest BCUT2D eigenvalue weighted by atomic mass is 31.2. The lowest BCUT2D eigenvalue weighted by Crippen LogP contribution is -2.11. The summed E-state index contributed by atoms with van der Waals surface area (Å²) in [5, 5.41) is 0. The van der Waals surface area contributed by atoms with E-state index in [1.54, 1.807) is 6.92 Å². The zero-order chi connectivity index (χ0) is 6.04. The van der Waals surface area contributed by atoms with E-state index in [4.69, 9.17) is 0 Å². The molecule has 1 fully saturated rings. The summed E-state index contributed by atoms with van der Waals surface area (Å²) < 4.78 is 24.1. The molecule has 1 saturated heterocycles. The largest absolute Gasteiger partial charge is 0.479 e. The number of phosphoric ester groups is 1. The summed E-state index contributed by atoms with van der Waals surface area (Å²) in [5.74, 6) is 0. The van der Waals surface area contributed by atoms with Crippen LogP contribution in [0.15, 0.2) is 0 Å². The van der Waals surface area contributed by atoms with Gasteiger partial charge in [-0.15, -0.1) is 0 Å². The lowest BCUT2D eigenvalue weighted by molar-refractivity contribution is -0.0400. The summed E-state index contributed by atoms with van der Waals surface area (Å²) in [7, 11) is -2.99. The van der Waals surface area contributed by atoms with Crippen molar-refractivity contribution in [3.63, 3.8) is 0 Å². The smallest absolute Gasteiger partial charge is 0.287 e. The molecule has 0 aromatic carbocycles. The van der Waals surface area contributed by atoms with E-state index >= 15 is 0 Å². The van der Waals surface area contributed by atoms with Gasteiger partial charge in [-0.3, -0.25) is 13.6 Å². The Hall–Kier alpha value is 0.110. The van der Waals surface area contributed by atoms with Gasteiger partial charge in [-0.1, -0.05) is 0 Å². The summed E-state index contributed by atoms with van der Waals surface area (Å²) in [6.45, 7) is 2.18. The highest BCUT2D eigenvalue weighted by molar-refractivity contribution is 7.49. The van der Waals surface area contributed by atoms with Crippen LogP contribution in [0.5, 0.6) is 0 Å². The van der Waals surface area contributed by atoms with Gasteiger partial charge in [0.25, 0.3) is 0 Å². The molecule has 0 aromatic rings. The summed E-state index contributed by atoms with van der Waals surface area (Å²) in [4.78, 5) is 0. The molecule has 0 aromatic heterocycles. The highest BCUT2D eigenvalue weighted by Crippen LogP contribution is 2.56. The molecule has 0 saturated carbocycles. The fourth-order valence-electron chi connectivity index (χ4n) is 0.371. The van der Waals surface area contributed by atoms with Crippen LogP contribution in [0.1, 0.15) is 6.92 Å². The summed E-state index contributed by atoms with van der Waals surface area (Å²) in [6, 6.07) is 0. The third kappa shape index (κ3) is 1.09. The first-order valence-electron chi connectivity index (χ1n) is 2.30. The Labute approximate surface area is 47.4 Å². The van der Waals surface area contributed by atoms with Crippen LogP contribution in [0.25, 0.3) is 0 Å². The van der Waals surface area contributed by atoms with Crippen molar-refractivity contribution in [2.45, 2.75) is 6.92 Å². The van der Waals surface area contributed by atoms with Crippen molar-refractivity contribution >= 4 is 7.82 Å². The van der Waals surface area contributed by atoms with E-state index in [2.05, 4.69) is 13.6 Å². The molecule has 0 atom stereocenters. The van der Waals surface area contributed by atoms with Crippen LogP contribution >= 0.6 is 7.82 Å². The Kier molecular flexibility index (Phi) is 1.68. The second-order valence-electron chi connectivity index (χ2n) is 1.24. The van der Waals surface area contributed by atoms with Gasteiger partial charge in [0.2, 0.25) is 0 Å². The Morgan fingerprint density at radius 2 is 2.38 bits per heavy atom. The molecule has 48 valence electrons. The number of rotatable bonds is 2. The van der Waals surface area contributed by atoms with Crippen molar-refractivity contribution in [1.82, 2.24) is 0 Å². The van der Waals surface area contributed by atoms with Gasteiger partial charge in [0, 0.05) is 0 Å². The van der Waals surface area contributed by atoms with Gasteiger partial charge in [0.05, 0.1) is 6.61 Å². The van der Waals surface area contributed by atoms with Gasteiger partial charge < -0.3 is 0 Å². The normalized spacial score (nSPS) is 24.6. The minimum absolute atomic E-state index is 0.0945. The Morgan fingerprint density at radius 1 is 1.75 bits per heavy atom. The predicted molar refractivity (Wildman–Crippen MR) is 26.3 cm³/mol. The predicted octanol–water partition coefficient (Wildman–Crippen LogP) is 1.14. The van der Waals surface area contributed by atoms with Gasteiger partial charge in [-0.2, -0.15) is 0 Å². The van der Waals surface area contributed by atoms with Crippen LogP contribution in [0.2, 0.25) is 0 Å². The van der Waals surface area contributed by atoms with Crippen LogP contribution in [0.3, 0.4) is 0 Å². The Bertz CT molecular complexity index is 114. The number of hydrogen-bond acceptors (Lipinski definition) is 4. The van der Waals surface area contributed by atoms with E-state index in [0.717, 1.165) is 0 Å². The van der Waals surface area contributed by atoms with Crippen molar-refractivity contribution in [2.75, 3.05) is 13.4 Å². The maximum Gasteiger partial charge on any atom is 0.479 e. The van der Waals surface area contributed by atoms with Crippen LogP contribution in [-0.2, 0) is 18.1 Å². The second kappa shape index (κ2) is 2.15. The van der Waals surface area contributed by atoms with Crippen molar-refractivity contribution in [2.24, 2.45) is 0 Å². The summed E-state index contributed by atoms with van der Waals surface area (Å²) >= 11 is 0. The van der Waals surface area contributed by atoms with E-state index < -0.39 is 7.82 Å². The molecule has 0 aliphatic carbocycles. The zero-order valence-electron chi connectivity index (χ0n) is 4.49. The molecule has 1 aliphatic rings. The Morgan fingerprint density at radius 3 is 2.50 bits per heavy atom. The van der Waals surface area contributed by atoms with Crippen LogP contribution < -0.4 is 0 Å². The standard InChI is InChI=1S/C3H7O4P/c1-2-5-8(4)6-3-7-8/h2-3H2,1H3. The van der Waals surface area contributed by atoms with E-state index in [0.29, 0.717) is 6.61 Å². The lowest BCUT2D eigenvalue weighted by Gasteiger charge is -2.23. The molecule has 0 unspecified atom stereocenters. The van der Waals surface area contributed by atoms with Gasteiger partial charge in [-0.25, -0.2) is 4.57 Å². The molecule has 5 heteroatoms. The van der Waals surface area contributed by atoms with Crippen molar-refractivity contribution in [3.8, 4) is 0 Å². The average molecular weight is 138 g/mol. The van der Waals surface area contributed by atoms with E-state index in [1.807, 2.05) is 0 Å². The molecule has 0 amide bonds. The zero-order valence-corrected chi connectivity index (χ0v) is 5.39. The molecule has 0 radical (unpaired) electrons. The molecule has 8 heavy (non-hydrogen) atoms. The van der Waals surface area contributed by atoms with E-state index in [-0.39, 0.29) is 6.79 Å². The lowest BCUT2D eigenvalue weighted by atomic mass is 10.9. The quantitative estimate of drug-likeness (QED) is 0.536. The monoisotopic (exact) mass is 138 g/mol. The van der Waals surface area contributed by atoms with Crippen LogP contribution in [-0.4, -0.2) is 13.4 Å². The van der Waals surface area contributed by atoms with Crippen molar-refractivity contribution in [3.05, 3.63) is 0 Å². The third-order valence-electron chi connectivity index (χ3n) is 0.709. The fourth-order valence-corrected chi connectivity index (χ4v) is 1.11. The van der Waals surface area contributed by atoms with Gasteiger partial charge in [0.1, 0.15) is 0 Å². The van der Waals surface area contributed by atoms with Gasteiger partial charge in [-0.05, 0) is 6.92 Å². The van der Waals surface area contributed by atoms with Gasteiger partial charge in [0.15, 0.2) is 6.79 Å². The molecule has 0 spiro atoms. The topological polar surface area (TPSA) is 44.8 Å². The molecule has 1 aliphatic heterocycles. The van der Waals surface area contributed by atoms with Crippen molar-refractivity contribution in [1.29, 1.82) is 0 Å². The minimum Gasteiger partial charge on any atom is -0.287 e. The number of phosphoric acid groups is 1. The summed E-state index contributed by atoms with van der Waals surface area (Å²) in [5.41, 5.74) is 0. The first-order valence-corrected chi connectivity index (χ1v) is 3.76. The molecular formula is C3H7O4P. The maximum atomic E-state index is 10.6. The van der Waals surface area contributed by atoms with Crippen LogP contribution in [0, 0.1) is 0 Å². The SMILES string of the molecule is CCOP1(=O)OCO1. The molecular weight excluding hydrogens is 131 g/mol. The highest BCUT2D eigenvalue weighted by Gasteiger charge is 2.34. The van der Waals surface area contributed by atoms with Crippen LogP contribution in [0.4, 0.5) is 0 Å². The molecule has 1 heterocycles. The van der Waals surface area contributed by atoms with E-state index in [1.165, 1.54) is 0 Å². The second-order valence-corrected chi connectivity index (χ2v) is 2.91. The van der Waals surface area contributed by atoms with E-state index in [9.17, 15) is 4.57 Å². The van der Waals surface area contributed by atoms with Crippen molar-refractivity contribution < 1.29 is 18.1 Å². The minimum atomic E-state index is -2.99. The average Bonchev–Trinajstić information content (AvgIpc) is 1.64. The first-order chi connectivity index (χ1) is 3.77. The molecule has 0 bridgehead atoms. The fraction of sp³-hybridized carbons (Fsp3) is 1.00. The maximum absolute atomic E-state index is 10.6. The first kappa shape index (κ1) is 6.23. The molecule has 4 nitrogen and oxygen atoms in total. The summed E-state index contributed by atoms with van der Waals surface area (Å²) in [6.07, 6.45) is 0.